The van der Waals surface area contributed by atoms with Gasteiger partial charge in [-0.05, 0) is 51.7 Å². The number of hydrogen-bond donors (Lipinski definition) is 1. The third-order valence-electron chi connectivity index (χ3n) is 3.87. The molecular formula is C16H28N4. The number of nitrogens with one attached hydrogen (secondary N) is 1. The molecule has 1 aromatic rings. The van der Waals surface area contributed by atoms with E-state index in [-0.39, 0.29) is 5.54 Å². The first-order valence-electron chi connectivity index (χ1n) is 7.71. The topological polar surface area (TPSA) is 41.0 Å². The van der Waals surface area contributed by atoms with Crippen molar-refractivity contribution in [2.45, 2.75) is 65.6 Å². The Morgan fingerprint density at radius 3 is 2.60 bits per heavy atom. The second-order valence-corrected chi connectivity index (χ2v) is 7.13. The molecule has 0 amide bonds. The zero-order valence-electron chi connectivity index (χ0n) is 13.5. The molecule has 112 valence electrons. The highest BCUT2D eigenvalue weighted by Crippen LogP contribution is 2.27. The van der Waals surface area contributed by atoms with E-state index in [0.717, 1.165) is 24.6 Å². The molecule has 1 N–H and O–H groups in total. The summed E-state index contributed by atoms with van der Waals surface area (Å²) in [6.07, 6.45) is 2.53. The zero-order chi connectivity index (χ0) is 14.8. The maximum Gasteiger partial charge on any atom is 0.151 e. The highest BCUT2D eigenvalue weighted by molar-refractivity contribution is 5.40. The Kier molecular flexibility index (Phi) is 4.63. The molecule has 0 spiro atoms. The smallest absolute Gasteiger partial charge is 0.151 e. The van der Waals surface area contributed by atoms with Gasteiger partial charge in [-0.25, -0.2) is 0 Å². The highest BCUT2D eigenvalue weighted by Gasteiger charge is 2.28. The van der Waals surface area contributed by atoms with Crippen LogP contribution < -0.4 is 10.2 Å². The van der Waals surface area contributed by atoms with Crippen molar-refractivity contribution in [3.63, 3.8) is 0 Å². The lowest BCUT2D eigenvalue weighted by Gasteiger charge is -2.28. The van der Waals surface area contributed by atoms with E-state index in [1.807, 2.05) is 0 Å². The Morgan fingerprint density at radius 1 is 1.30 bits per heavy atom. The lowest BCUT2D eigenvalue weighted by atomic mass is 10.0. The van der Waals surface area contributed by atoms with E-state index in [1.165, 1.54) is 12.8 Å². The fraction of sp³-hybridized carbons (Fsp3) is 0.750. The normalized spacial score (nSPS) is 19.9. The number of anilines is 1. The second-order valence-electron chi connectivity index (χ2n) is 7.13. The van der Waals surface area contributed by atoms with E-state index >= 15 is 0 Å². The molecule has 1 aliphatic rings. The van der Waals surface area contributed by atoms with Gasteiger partial charge < -0.3 is 10.2 Å². The predicted octanol–water partition coefficient (Wildman–Crippen LogP) is 2.99. The molecule has 0 aromatic carbocycles. The monoisotopic (exact) mass is 276 g/mol. The second kappa shape index (κ2) is 6.08. The molecule has 0 saturated carbocycles. The van der Waals surface area contributed by atoms with E-state index in [4.69, 9.17) is 0 Å². The van der Waals surface area contributed by atoms with Gasteiger partial charge in [-0.15, -0.1) is 5.10 Å². The summed E-state index contributed by atoms with van der Waals surface area (Å²) in [6.45, 7) is 12.9. The van der Waals surface area contributed by atoms with Gasteiger partial charge in [-0.2, -0.15) is 5.10 Å². The SMILES string of the molecule is CC(C)C1CCCN1c1ccc(CNC(C)(C)C)nn1. The minimum absolute atomic E-state index is 0.109. The van der Waals surface area contributed by atoms with E-state index < -0.39 is 0 Å². The van der Waals surface area contributed by atoms with E-state index in [2.05, 4.69) is 67.2 Å². The molecule has 2 rings (SSSR count). The number of rotatable bonds is 4. The summed E-state index contributed by atoms with van der Waals surface area (Å²) in [5.74, 6) is 1.70. The summed E-state index contributed by atoms with van der Waals surface area (Å²) in [5.41, 5.74) is 1.11. The van der Waals surface area contributed by atoms with Crippen molar-refractivity contribution in [1.29, 1.82) is 0 Å². The molecule has 0 bridgehead atoms. The molecule has 1 aromatic heterocycles. The first-order chi connectivity index (χ1) is 9.37. The molecule has 1 aliphatic heterocycles. The van der Waals surface area contributed by atoms with E-state index in [0.29, 0.717) is 12.0 Å². The number of hydrogen-bond acceptors (Lipinski definition) is 4. The van der Waals surface area contributed by atoms with Gasteiger partial charge in [-0.3, -0.25) is 0 Å². The van der Waals surface area contributed by atoms with E-state index in [9.17, 15) is 0 Å². The van der Waals surface area contributed by atoms with Crippen molar-refractivity contribution >= 4 is 5.82 Å². The van der Waals surface area contributed by atoms with Crippen LogP contribution in [0.3, 0.4) is 0 Å². The minimum Gasteiger partial charge on any atom is -0.352 e. The van der Waals surface area contributed by atoms with Gasteiger partial charge in [0, 0.05) is 24.7 Å². The van der Waals surface area contributed by atoms with E-state index in [1.54, 1.807) is 0 Å². The Morgan fingerprint density at radius 2 is 2.05 bits per heavy atom. The average Bonchev–Trinajstić information content (AvgIpc) is 2.85. The van der Waals surface area contributed by atoms with Crippen molar-refractivity contribution in [2.24, 2.45) is 5.92 Å². The maximum atomic E-state index is 4.43. The van der Waals surface area contributed by atoms with Crippen LogP contribution in [0.1, 0.15) is 53.2 Å². The fourth-order valence-corrected chi connectivity index (χ4v) is 2.73. The van der Waals surface area contributed by atoms with Crippen LogP contribution in [0.2, 0.25) is 0 Å². The molecule has 0 radical (unpaired) electrons. The van der Waals surface area contributed by atoms with Crippen molar-refractivity contribution in [3.8, 4) is 0 Å². The van der Waals surface area contributed by atoms with Crippen LogP contribution in [0.4, 0.5) is 5.82 Å². The third-order valence-corrected chi connectivity index (χ3v) is 3.87. The Labute approximate surface area is 123 Å². The Hall–Kier alpha value is -1.16. The molecule has 2 heterocycles. The molecule has 4 heteroatoms. The molecule has 1 saturated heterocycles. The van der Waals surface area contributed by atoms with Crippen molar-refractivity contribution in [2.75, 3.05) is 11.4 Å². The molecule has 0 aliphatic carbocycles. The number of nitrogens with zero attached hydrogens (tertiary/aromatic N) is 3. The van der Waals surface area contributed by atoms with Crippen LogP contribution in [0.5, 0.6) is 0 Å². The van der Waals surface area contributed by atoms with Crippen LogP contribution in [0, 0.1) is 5.92 Å². The Bertz CT molecular complexity index is 419. The largest absolute Gasteiger partial charge is 0.352 e. The Balaban J connectivity index is 2.01. The van der Waals surface area contributed by atoms with Crippen LogP contribution in [0.15, 0.2) is 12.1 Å². The lowest BCUT2D eigenvalue weighted by molar-refractivity contribution is 0.420. The van der Waals surface area contributed by atoms with Gasteiger partial charge in [-0.1, -0.05) is 13.8 Å². The van der Waals surface area contributed by atoms with Crippen LogP contribution in [-0.4, -0.2) is 28.3 Å². The van der Waals surface area contributed by atoms with Gasteiger partial charge in [0.05, 0.1) is 5.69 Å². The van der Waals surface area contributed by atoms with Gasteiger partial charge in [0.25, 0.3) is 0 Å². The van der Waals surface area contributed by atoms with Crippen LogP contribution in [-0.2, 0) is 6.54 Å². The fourth-order valence-electron chi connectivity index (χ4n) is 2.73. The molecule has 20 heavy (non-hydrogen) atoms. The molecule has 1 fully saturated rings. The minimum atomic E-state index is 0.109. The van der Waals surface area contributed by atoms with Gasteiger partial charge in [0.15, 0.2) is 5.82 Å². The van der Waals surface area contributed by atoms with Crippen LogP contribution >= 0.6 is 0 Å². The lowest BCUT2D eigenvalue weighted by Crippen LogP contribution is -2.36. The summed E-state index contributed by atoms with van der Waals surface area (Å²) in [7, 11) is 0. The first-order valence-corrected chi connectivity index (χ1v) is 7.71. The highest BCUT2D eigenvalue weighted by atomic mass is 15.3. The van der Waals surface area contributed by atoms with Gasteiger partial charge in [0.2, 0.25) is 0 Å². The van der Waals surface area contributed by atoms with Crippen molar-refractivity contribution in [1.82, 2.24) is 15.5 Å². The van der Waals surface area contributed by atoms with Gasteiger partial charge in [0.1, 0.15) is 0 Å². The predicted molar refractivity (Wildman–Crippen MR) is 83.8 cm³/mol. The average molecular weight is 276 g/mol. The third kappa shape index (κ3) is 3.92. The van der Waals surface area contributed by atoms with Crippen molar-refractivity contribution in [3.05, 3.63) is 17.8 Å². The number of aromatic nitrogens is 2. The van der Waals surface area contributed by atoms with Crippen molar-refractivity contribution < 1.29 is 0 Å². The first kappa shape index (κ1) is 15.2. The summed E-state index contributed by atoms with van der Waals surface area (Å²) in [6, 6.07) is 4.83. The molecular weight excluding hydrogens is 248 g/mol. The van der Waals surface area contributed by atoms with Crippen LogP contribution in [0.25, 0.3) is 0 Å². The summed E-state index contributed by atoms with van der Waals surface area (Å²) in [5, 5.41) is 12.2. The molecule has 4 nitrogen and oxygen atoms in total. The summed E-state index contributed by atoms with van der Waals surface area (Å²) < 4.78 is 0. The summed E-state index contributed by atoms with van der Waals surface area (Å²) >= 11 is 0. The quantitative estimate of drug-likeness (QED) is 0.918. The standard InChI is InChI=1S/C16H28N4/c1-12(2)14-7-6-10-20(14)15-9-8-13(18-19-15)11-17-16(3,4)5/h8-9,12,14,17H,6-7,10-11H2,1-5H3. The molecule has 1 unspecified atom stereocenters. The zero-order valence-corrected chi connectivity index (χ0v) is 13.5. The van der Waals surface area contributed by atoms with Gasteiger partial charge >= 0.3 is 0 Å². The summed E-state index contributed by atoms with van der Waals surface area (Å²) in [4.78, 5) is 2.42. The maximum absolute atomic E-state index is 4.43. The molecule has 1 atom stereocenters.